The second-order valence-corrected chi connectivity index (χ2v) is 4.92. The van der Waals surface area contributed by atoms with Crippen molar-refractivity contribution >= 4 is 5.69 Å². The van der Waals surface area contributed by atoms with E-state index in [1.165, 1.54) is 24.9 Å². The molecule has 1 aromatic carbocycles. The number of nitrogens with one attached hydrogen (secondary N) is 1. The molecule has 1 N–H and O–H groups in total. The SMILES string of the molecule is c1ccc(N2CCNCC2)c(C2CCC2)c1. The highest BCUT2D eigenvalue weighted by molar-refractivity contribution is 5.56. The van der Waals surface area contributed by atoms with Crippen LogP contribution in [0.5, 0.6) is 0 Å². The van der Waals surface area contributed by atoms with Crippen LogP contribution in [0.15, 0.2) is 24.3 Å². The van der Waals surface area contributed by atoms with Crippen LogP contribution in [0.4, 0.5) is 5.69 Å². The smallest absolute Gasteiger partial charge is 0.0402 e. The van der Waals surface area contributed by atoms with E-state index in [1.54, 1.807) is 5.56 Å². The molecule has 16 heavy (non-hydrogen) atoms. The van der Waals surface area contributed by atoms with Crippen molar-refractivity contribution in [1.82, 2.24) is 5.32 Å². The molecule has 0 amide bonds. The van der Waals surface area contributed by atoms with Gasteiger partial charge < -0.3 is 10.2 Å². The second-order valence-electron chi connectivity index (χ2n) is 4.92. The standard InChI is InChI=1S/C14H20N2/c1-2-7-14(16-10-8-15-9-11-16)13(6-1)12-4-3-5-12/h1-2,6-7,12,15H,3-5,8-11H2. The van der Waals surface area contributed by atoms with Gasteiger partial charge in [-0.05, 0) is 30.4 Å². The highest BCUT2D eigenvalue weighted by Crippen LogP contribution is 2.40. The number of benzene rings is 1. The average molecular weight is 216 g/mol. The summed E-state index contributed by atoms with van der Waals surface area (Å²) in [5.74, 6) is 0.839. The topological polar surface area (TPSA) is 15.3 Å². The molecular formula is C14H20N2. The Balaban J connectivity index is 1.86. The van der Waals surface area contributed by atoms with E-state index in [9.17, 15) is 0 Å². The number of hydrogen-bond donors (Lipinski definition) is 1. The van der Waals surface area contributed by atoms with Gasteiger partial charge in [0.15, 0.2) is 0 Å². The van der Waals surface area contributed by atoms with E-state index in [-0.39, 0.29) is 0 Å². The molecule has 0 radical (unpaired) electrons. The van der Waals surface area contributed by atoms with Gasteiger partial charge in [0.1, 0.15) is 0 Å². The Bertz CT molecular complexity index is 352. The van der Waals surface area contributed by atoms with Crippen molar-refractivity contribution in [3.63, 3.8) is 0 Å². The molecule has 1 aromatic rings. The van der Waals surface area contributed by atoms with Gasteiger partial charge in [-0.3, -0.25) is 0 Å². The highest BCUT2D eigenvalue weighted by Gasteiger charge is 2.24. The Labute approximate surface area is 97.6 Å². The monoisotopic (exact) mass is 216 g/mol. The van der Waals surface area contributed by atoms with E-state index >= 15 is 0 Å². The van der Waals surface area contributed by atoms with E-state index in [0.717, 1.165) is 32.1 Å². The second kappa shape index (κ2) is 4.46. The molecule has 1 heterocycles. The lowest BCUT2D eigenvalue weighted by Gasteiger charge is -2.35. The van der Waals surface area contributed by atoms with Gasteiger partial charge in [0, 0.05) is 31.9 Å². The first kappa shape index (κ1) is 10.2. The van der Waals surface area contributed by atoms with Crippen LogP contribution in [-0.4, -0.2) is 26.2 Å². The van der Waals surface area contributed by atoms with Crippen LogP contribution in [0.25, 0.3) is 0 Å². The van der Waals surface area contributed by atoms with Crippen molar-refractivity contribution in [1.29, 1.82) is 0 Å². The molecule has 1 saturated carbocycles. The van der Waals surface area contributed by atoms with Gasteiger partial charge in [-0.15, -0.1) is 0 Å². The summed E-state index contributed by atoms with van der Waals surface area (Å²) in [5.41, 5.74) is 3.09. The van der Waals surface area contributed by atoms with Gasteiger partial charge in [0.25, 0.3) is 0 Å². The minimum absolute atomic E-state index is 0.839. The number of para-hydroxylation sites is 1. The number of nitrogens with zero attached hydrogens (tertiary/aromatic N) is 1. The fourth-order valence-corrected chi connectivity index (χ4v) is 2.75. The number of hydrogen-bond acceptors (Lipinski definition) is 2. The van der Waals surface area contributed by atoms with Crippen LogP contribution in [0.1, 0.15) is 30.7 Å². The van der Waals surface area contributed by atoms with Crippen LogP contribution >= 0.6 is 0 Å². The molecule has 0 bridgehead atoms. The van der Waals surface area contributed by atoms with Gasteiger partial charge in [0.2, 0.25) is 0 Å². The van der Waals surface area contributed by atoms with Crippen molar-refractivity contribution in [3.8, 4) is 0 Å². The molecule has 1 aliphatic heterocycles. The van der Waals surface area contributed by atoms with Crippen molar-refractivity contribution in [3.05, 3.63) is 29.8 Å². The predicted molar refractivity (Wildman–Crippen MR) is 68.1 cm³/mol. The largest absolute Gasteiger partial charge is 0.369 e. The molecule has 2 heteroatoms. The first-order valence-corrected chi connectivity index (χ1v) is 6.50. The molecule has 3 rings (SSSR count). The van der Waals surface area contributed by atoms with E-state index in [0.29, 0.717) is 0 Å². The highest BCUT2D eigenvalue weighted by atomic mass is 15.2. The minimum atomic E-state index is 0.839. The summed E-state index contributed by atoms with van der Waals surface area (Å²) < 4.78 is 0. The zero-order valence-electron chi connectivity index (χ0n) is 9.78. The Kier molecular flexibility index (Phi) is 2.83. The molecule has 1 saturated heterocycles. The van der Waals surface area contributed by atoms with Crippen LogP contribution in [-0.2, 0) is 0 Å². The third-order valence-corrected chi connectivity index (χ3v) is 3.94. The zero-order valence-corrected chi connectivity index (χ0v) is 9.78. The number of piperazine rings is 1. The fraction of sp³-hybridized carbons (Fsp3) is 0.571. The molecule has 2 fully saturated rings. The summed E-state index contributed by atoms with van der Waals surface area (Å²) in [7, 11) is 0. The molecule has 86 valence electrons. The van der Waals surface area contributed by atoms with Gasteiger partial charge in [-0.25, -0.2) is 0 Å². The fourth-order valence-electron chi connectivity index (χ4n) is 2.75. The van der Waals surface area contributed by atoms with Crippen LogP contribution in [0.3, 0.4) is 0 Å². The number of rotatable bonds is 2. The molecule has 2 nitrogen and oxygen atoms in total. The first-order valence-electron chi connectivity index (χ1n) is 6.50. The number of anilines is 1. The molecule has 1 aliphatic carbocycles. The van der Waals surface area contributed by atoms with Crippen LogP contribution in [0, 0.1) is 0 Å². The Hall–Kier alpha value is -1.02. The van der Waals surface area contributed by atoms with Crippen LogP contribution in [0.2, 0.25) is 0 Å². The molecule has 0 unspecified atom stereocenters. The van der Waals surface area contributed by atoms with E-state index in [1.807, 2.05) is 0 Å². The van der Waals surface area contributed by atoms with Crippen LogP contribution < -0.4 is 10.2 Å². The summed E-state index contributed by atoms with van der Waals surface area (Å²) in [6.45, 7) is 4.56. The maximum absolute atomic E-state index is 3.42. The van der Waals surface area contributed by atoms with Crippen molar-refractivity contribution in [2.75, 3.05) is 31.1 Å². The van der Waals surface area contributed by atoms with Gasteiger partial charge in [0.05, 0.1) is 0 Å². The molecule has 0 aromatic heterocycles. The lowest BCUT2D eigenvalue weighted by Crippen LogP contribution is -2.44. The summed E-state index contributed by atoms with van der Waals surface area (Å²) in [6, 6.07) is 9.01. The minimum Gasteiger partial charge on any atom is -0.369 e. The van der Waals surface area contributed by atoms with E-state index < -0.39 is 0 Å². The van der Waals surface area contributed by atoms with E-state index in [2.05, 4.69) is 34.5 Å². The van der Waals surface area contributed by atoms with Gasteiger partial charge in [-0.2, -0.15) is 0 Å². The Morgan fingerprint density at radius 1 is 1.06 bits per heavy atom. The van der Waals surface area contributed by atoms with Crippen molar-refractivity contribution < 1.29 is 0 Å². The van der Waals surface area contributed by atoms with E-state index in [4.69, 9.17) is 0 Å². The zero-order chi connectivity index (χ0) is 10.8. The molecular weight excluding hydrogens is 196 g/mol. The lowest BCUT2D eigenvalue weighted by atomic mass is 9.79. The summed E-state index contributed by atoms with van der Waals surface area (Å²) >= 11 is 0. The normalized spacial score (nSPS) is 21.9. The molecule has 0 spiro atoms. The van der Waals surface area contributed by atoms with Gasteiger partial charge in [-0.1, -0.05) is 24.6 Å². The average Bonchev–Trinajstić information content (AvgIpc) is 2.29. The third kappa shape index (κ3) is 1.82. The maximum atomic E-state index is 3.42. The third-order valence-electron chi connectivity index (χ3n) is 3.94. The quantitative estimate of drug-likeness (QED) is 0.816. The van der Waals surface area contributed by atoms with Crippen molar-refractivity contribution in [2.45, 2.75) is 25.2 Å². The summed E-state index contributed by atoms with van der Waals surface area (Å²) in [6.07, 6.45) is 4.20. The lowest BCUT2D eigenvalue weighted by molar-refractivity contribution is 0.419. The molecule has 0 atom stereocenters. The Morgan fingerprint density at radius 2 is 1.81 bits per heavy atom. The Morgan fingerprint density at radius 3 is 2.50 bits per heavy atom. The molecule has 2 aliphatic rings. The van der Waals surface area contributed by atoms with Crippen molar-refractivity contribution in [2.24, 2.45) is 0 Å². The summed E-state index contributed by atoms with van der Waals surface area (Å²) in [5, 5.41) is 3.42. The van der Waals surface area contributed by atoms with Gasteiger partial charge >= 0.3 is 0 Å². The summed E-state index contributed by atoms with van der Waals surface area (Å²) in [4.78, 5) is 2.55. The predicted octanol–water partition coefficient (Wildman–Crippen LogP) is 2.36. The maximum Gasteiger partial charge on any atom is 0.0402 e. The first-order chi connectivity index (χ1) is 7.95.